The SMILES string of the molecule is Cc1ccc(CNC(=O)c2ccsc2)n1C. The van der Waals surface area contributed by atoms with Gasteiger partial charge in [-0.25, -0.2) is 0 Å². The smallest absolute Gasteiger partial charge is 0.252 e. The van der Waals surface area contributed by atoms with Crippen molar-refractivity contribution >= 4 is 17.2 Å². The molecule has 0 aliphatic rings. The molecule has 16 heavy (non-hydrogen) atoms. The zero-order chi connectivity index (χ0) is 11.5. The summed E-state index contributed by atoms with van der Waals surface area (Å²) < 4.78 is 2.08. The lowest BCUT2D eigenvalue weighted by Gasteiger charge is -2.06. The van der Waals surface area contributed by atoms with Gasteiger partial charge in [0, 0.05) is 29.4 Å². The van der Waals surface area contributed by atoms with Gasteiger partial charge in [0.05, 0.1) is 6.54 Å². The number of thiophene rings is 1. The number of hydrogen-bond acceptors (Lipinski definition) is 2. The zero-order valence-electron chi connectivity index (χ0n) is 9.36. The number of carbonyl (C=O) groups excluding carboxylic acids is 1. The summed E-state index contributed by atoms with van der Waals surface area (Å²) in [6.07, 6.45) is 0. The zero-order valence-corrected chi connectivity index (χ0v) is 10.2. The van der Waals surface area contributed by atoms with Crippen molar-refractivity contribution in [1.82, 2.24) is 9.88 Å². The fourth-order valence-corrected chi connectivity index (χ4v) is 2.15. The van der Waals surface area contributed by atoms with E-state index in [0.717, 1.165) is 11.3 Å². The van der Waals surface area contributed by atoms with Gasteiger partial charge in [0.25, 0.3) is 5.91 Å². The van der Waals surface area contributed by atoms with E-state index in [1.54, 1.807) is 0 Å². The molecule has 3 nitrogen and oxygen atoms in total. The maximum absolute atomic E-state index is 11.7. The Labute approximate surface area is 98.7 Å². The summed E-state index contributed by atoms with van der Waals surface area (Å²) in [6.45, 7) is 2.61. The summed E-state index contributed by atoms with van der Waals surface area (Å²) in [4.78, 5) is 11.7. The molecule has 4 heteroatoms. The van der Waals surface area contributed by atoms with Crippen molar-refractivity contribution in [2.45, 2.75) is 13.5 Å². The van der Waals surface area contributed by atoms with Gasteiger partial charge < -0.3 is 9.88 Å². The topological polar surface area (TPSA) is 34.0 Å². The summed E-state index contributed by atoms with van der Waals surface area (Å²) in [7, 11) is 2.00. The Morgan fingerprint density at radius 1 is 1.44 bits per heavy atom. The minimum Gasteiger partial charge on any atom is -0.350 e. The van der Waals surface area contributed by atoms with Gasteiger partial charge >= 0.3 is 0 Å². The van der Waals surface area contributed by atoms with Gasteiger partial charge in [0.2, 0.25) is 0 Å². The van der Waals surface area contributed by atoms with E-state index in [1.807, 2.05) is 42.9 Å². The number of nitrogens with one attached hydrogen (secondary N) is 1. The molecular formula is C12H14N2OS. The first-order valence-electron chi connectivity index (χ1n) is 5.10. The highest BCUT2D eigenvalue weighted by atomic mass is 32.1. The molecule has 0 atom stereocenters. The first-order valence-corrected chi connectivity index (χ1v) is 6.04. The third-order valence-corrected chi connectivity index (χ3v) is 3.37. The average Bonchev–Trinajstić information content (AvgIpc) is 2.89. The first-order chi connectivity index (χ1) is 7.68. The summed E-state index contributed by atoms with van der Waals surface area (Å²) in [5.74, 6) is -0.0138. The first kappa shape index (κ1) is 11.0. The van der Waals surface area contributed by atoms with E-state index in [-0.39, 0.29) is 5.91 Å². The van der Waals surface area contributed by atoms with Crippen LogP contribution in [0.25, 0.3) is 0 Å². The van der Waals surface area contributed by atoms with Gasteiger partial charge in [0.15, 0.2) is 0 Å². The van der Waals surface area contributed by atoms with Gasteiger partial charge in [-0.2, -0.15) is 11.3 Å². The van der Waals surface area contributed by atoms with Crippen LogP contribution in [-0.4, -0.2) is 10.5 Å². The Kier molecular flexibility index (Phi) is 3.10. The summed E-state index contributed by atoms with van der Waals surface area (Å²) >= 11 is 1.53. The van der Waals surface area contributed by atoms with Gasteiger partial charge in [-0.15, -0.1) is 0 Å². The lowest BCUT2D eigenvalue weighted by atomic mass is 10.3. The number of aryl methyl sites for hydroxylation is 1. The van der Waals surface area contributed by atoms with E-state index in [1.165, 1.54) is 17.0 Å². The number of carbonyl (C=O) groups is 1. The molecule has 0 aliphatic heterocycles. The Bertz CT molecular complexity index is 485. The molecule has 2 aromatic heterocycles. The molecule has 2 heterocycles. The third-order valence-electron chi connectivity index (χ3n) is 2.69. The largest absolute Gasteiger partial charge is 0.350 e. The van der Waals surface area contributed by atoms with Gasteiger partial charge in [-0.1, -0.05) is 0 Å². The number of hydrogen-bond donors (Lipinski definition) is 1. The number of rotatable bonds is 3. The normalized spacial score (nSPS) is 10.4. The van der Waals surface area contributed by atoms with E-state index in [9.17, 15) is 4.79 Å². The molecule has 0 radical (unpaired) electrons. The van der Waals surface area contributed by atoms with Crippen LogP contribution >= 0.6 is 11.3 Å². The molecule has 0 bridgehead atoms. The predicted molar refractivity (Wildman–Crippen MR) is 65.6 cm³/mol. The molecule has 84 valence electrons. The van der Waals surface area contributed by atoms with E-state index < -0.39 is 0 Å². The summed E-state index contributed by atoms with van der Waals surface area (Å²) in [5.41, 5.74) is 3.04. The molecule has 1 amide bonds. The lowest BCUT2D eigenvalue weighted by Crippen LogP contribution is -2.23. The highest BCUT2D eigenvalue weighted by Gasteiger charge is 2.06. The number of amides is 1. The minimum atomic E-state index is -0.0138. The van der Waals surface area contributed by atoms with Crippen LogP contribution in [0.15, 0.2) is 29.0 Å². The van der Waals surface area contributed by atoms with Crippen molar-refractivity contribution in [3.8, 4) is 0 Å². The Balaban J connectivity index is 1.98. The van der Waals surface area contributed by atoms with Crippen LogP contribution < -0.4 is 5.32 Å². The second-order valence-electron chi connectivity index (χ2n) is 3.72. The van der Waals surface area contributed by atoms with Gasteiger partial charge in [-0.3, -0.25) is 4.79 Å². The Morgan fingerprint density at radius 3 is 2.81 bits per heavy atom. The molecular weight excluding hydrogens is 220 g/mol. The predicted octanol–water partition coefficient (Wildman–Crippen LogP) is 2.33. The highest BCUT2D eigenvalue weighted by Crippen LogP contribution is 2.08. The van der Waals surface area contributed by atoms with Crippen molar-refractivity contribution in [3.05, 3.63) is 45.9 Å². The quantitative estimate of drug-likeness (QED) is 0.869. The standard InChI is InChI=1S/C12H14N2OS/c1-9-3-4-11(14(9)2)7-13-12(15)10-5-6-16-8-10/h3-6,8H,7H2,1-2H3,(H,13,15). The maximum atomic E-state index is 11.7. The summed E-state index contributed by atoms with van der Waals surface area (Å²) in [5, 5.41) is 6.66. The van der Waals surface area contributed by atoms with Crippen molar-refractivity contribution in [2.75, 3.05) is 0 Å². The van der Waals surface area contributed by atoms with Crippen LogP contribution in [0.4, 0.5) is 0 Å². The molecule has 0 saturated carbocycles. The molecule has 0 saturated heterocycles. The van der Waals surface area contributed by atoms with E-state index >= 15 is 0 Å². The van der Waals surface area contributed by atoms with Gasteiger partial charge in [0.1, 0.15) is 0 Å². The molecule has 0 unspecified atom stereocenters. The van der Waals surface area contributed by atoms with Crippen LogP contribution in [0.2, 0.25) is 0 Å². The van der Waals surface area contributed by atoms with E-state index in [4.69, 9.17) is 0 Å². The van der Waals surface area contributed by atoms with Crippen molar-refractivity contribution in [2.24, 2.45) is 7.05 Å². The lowest BCUT2D eigenvalue weighted by molar-refractivity contribution is 0.0950. The molecule has 1 N–H and O–H groups in total. The van der Waals surface area contributed by atoms with Crippen molar-refractivity contribution in [3.63, 3.8) is 0 Å². The maximum Gasteiger partial charge on any atom is 0.252 e. The molecule has 0 aromatic carbocycles. The molecule has 0 fully saturated rings. The molecule has 2 rings (SSSR count). The molecule has 0 spiro atoms. The van der Waals surface area contributed by atoms with Crippen LogP contribution in [-0.2, 0) is 13.6 Å². The second kappa shape index (κ2) is 4.53. The van der Waals surface area contributed by atoms with Crippen molar-refractivity contribution in [1.29, 1.82) is 0 Å². The van der Waals surface area contributed by atoms with Crippen LogP contribution in [0.3, 0.4) is 0 Å². The monoisotopic (exact) mass is 234 g/mol. The van der Waals surface area contributed by atoms with E-state index in [0.29, 0.717) is 6.54 Å². The molecule has 0 aliphatic carbocycles. The Morgan fingerprint density at radius 2 is 2.25 bits per heavy atom. The van der Waals surface area contributed by atoms with E-state index in [2.05, 4.69) is 9.88 Å². The number of aromatic nitrogens is 1. The summed E-state index contributed by atoms with van der Waals surface area (Å²) in [6, 6.07) is 5.91. The van der Waals surface area contributed by atoms with Crippen LogP contribution in [0.5, 0.6) is 0 Å². The highest BCUT2D eigenvalue weighted by molar-refractivity contribution is 7.08. The Hall–Kier alpha value is -1.55. The minimum absolute atomic E-state index is 0.0138. The fraction of sp³-hybridized carbons (Fsp3) is 0.250. The second-order valence-corrected chi connectivity index (χ2v) is 4.50. The van der Waals surface area contributed by atoms with Crippen LogP contribution in [0, 0.1) is 6.92 Å². The fourth-order valence-electron chi connectivity index (χ4n) is 1.51. The van der Waals surface area contributed by atoms with Crippen molar-refractivity contribution < 1.29 is 4.79 Å². The molecule has 2 aromatic rings. The van der Waals surface area contributed by atoms with Gasteiger partial charge in [-0.05, 0) is 30.5 Å². The van der Waals surface area contributed by atoms with Crippen LogP contribution in [0.1, 0.15) is 21.7 Å². The third kappa shape index (κ3) is 2.17. The number of nitrogens with zero attached hydrogens (tertiary/aromatic N) is 1. The average molecular weight is 234 g/mol.